The number of rotatable bonds is 5. The van der Waals surface area contributed by atoms with Crippen molar-refractivity contribution in [1.29, 1.82) is 0 Å². The van der Waals surface area contributed by atoms with E-state index in [1.54, 1.807) is 0 Å². The minimum absolute atomic E-state index is 0.0811. The number of aliphatic hydroxyl groups excluding tert-OH is 1. The summed E-state index contributed by atoms with van der Waals surface area (Å²) in [6.45, 7) is 10.5. The second-order valence-electron chi connectivity index (χ2n) is 10.0. The van der Waals surface area contributed by atoms with Crippen molar-refractivity contribution < 1.29 is 14.4 Å². The van der Waals surface area contributed by atoms with Crippen LogP contribution in [0.1, 0.15) is 72.1 Å². The zero-order valence-electron chi connectivity index (χ0n) is 17.1. The van der Waals surface area contributed by atoms with Crippen molar-refractivity contribution >= 4 is 6.21 Å². The van der Waals surface area contributed by atoms with Gasteiger partial charge in [0.15, 0.2) is 0 Å². The fraction of sp³-hybridized carbons (Fsp3) is 0.955. The molecule has 1 saturated carbocycles. The molecule has 26 heavy (non-hydrogen) atoms. The van der Waals surface area contributed by atoms with E-state index in [2.05, 4.69) is 36.5 Å². The third-order valence-corrected chi connectivity index (χ3v) is 7.95. The van der Waals surface area contributed by atoms with Crippen molar-refractivity contribution in [2.45, 2.75) is 89.4 Å². The molecule has 1 unspecified atom stereocenters. The van der Waals surface area contributed by atoms with Gasteiger partial charge in [-0.2, -0.15) is 0 Å². The van der Waals surface area contributed by atoms with Gasteiger partial charge in [0.1, 0.15) is 25.0 Å². The maximum absolute atomic E-state index is 10.2. The highest BCUT2D eigenvalue weighted by Gasteiger charge is 2.64. The summed E-state index contributed by atoms with van der Waals surface area (Å²) >= 11 is 0. The Morgan fingerprint density at radius 1 is 1.23 bits per heavy atom. The highest BCUT2D eigenvalue weighted by atomic mass is 16.6. The lowest BCUT2D eigenvalue weighted by Crippen LogP contribution is -2.69. The van der Waals surface area contributed by atoms with Gasteiger partial charge in [-0.1, -0.05) is 33.1 Å². The van der Waals surface area contributed by atoms with Crippen molar-refractivity contribution in [2.24, 2.45) is 17.8 Å². The quantitative estimate of drug-likeness (QED) is 0.602. The number of hydrogen-bond donors (Lipinski definition) is 1. The standard InChI is InChI=1S/C22H39N2O2/c1-17(2)20(15-25)24-21(3)11-12-23(13-18-7-5-4-6-8-18)14-19(21)9-10-22(24)16-26-22/h12,17-20,25H,4-11,13-16H2,1-3H3/q+1/t19-,20-,21+,22?/m1/s1. The molecule has 2 saturated heterocycles. The molecular formula is C22H39N2O2+. The Hall–Kier alpha value is -0.450. The number of fused-ring (bicyclic) bond motifs is 1. The molecule has 3 aliphatic heterocycles. The molecule has 4 aliphatic rings. The molecule has 3 heterocycles. The number of aliphatic hydroxyl groups is 1. The van der Waals surface area contributed by atoms with Crippen LogP contribution in [-0.2, 0) is 4.74 Å². The summed E-state index contributed by atoms with van der Waals surface area (Å²) in [5.41, 5.74) is 0.0395. The van der Waals surface area contributed by atoms with Gasteiger partial charge in [-0.25, -0.2) is 4.58 Å². The lowest BCUT2D eigenvalue weighted by Gasteiger charge is -2.56. The van der Waals surface area contributed by atoms with E-state index in [4.69, 9.17) is 4.74 Å². The van der Waals surface area contributed by atoms with Crippen LogP contribution in [-0.4, -0.2) is 64.4 Å². The fourth-order valence-corrected chi connectivity index (χ4v) is 6.21. The Labute approximate surface area is 159 Å². The van der Waals surface area contributed by atoms with Crippen LogP contribution >= 0.6 is 0 Å². The average Bonchev–Trinajstić information content (AvgIpc) is 3.40. The van der Waals surface area contributed by atoms with E-state index >= 15 is 0 Å². The summed E-state index contributed by atoms with van der Waals surface area (Å²) in [4.78, 5) is 2.62. The van der Waals surface area contributed by atoms with E-state index in [9.17, 15) is 5.11 Å². The Morgan fingerprint density at radius 3 is 2.58 bits per heavy atom. The molecule has 1 spiro atoms. The normalized spacial score (nSPS) is 39.7. The molecule has 0 aromatic heterocycles. The number of epoxide rings is 1. The van der Waals surface area contributed by atoms with Gasteiger partial charge in [-0.3, -0.25) is 4.90 Å². The molecule has 0 aromatic carbocycles. The number of piperidine rings is 1. The van der Waals surface area contributed by atoms with Gasteiger partial charge in [0.05, 0.1) is 13.2 Å². The van der Waals surface area contributed by atoms with Crippen molar-refractivity contribution in [3.05, 3.63) is 0 Å². The molecule has 0 aromatic rings. The molecule has 0 radical (unpaired) electrons. The van der Waals surface area contributed by atoms with E-state index in [1.807, 2.05) is 0 Å². The zero-order valence-corrected chi connectivity index (χ0v) is 17.1. The zero-order chi connectivity index (χ0) is 18.4. The minimum Gasteiger partial charge on any atom is -0.395 e. The predicted molar refractivity (Wildman–Crippen MR) is 105 cm³/mol. The molecule has 1 aliphatic carbocycles. The highest BCUT2D eigenvalue weighted by Crippen LogP contribution is 2.53. The van der Waals surface area contributed by atoms with Gasteiger partial charge >= 0.3 is 0 Å². The lowest BCUT2D eigenvalue weighted by atomic mass is 9.70. The van der Waals surface area contributed by atoms with Crippen molar-refractivity contribution in [2.75, 3.05) is 26.3 Å². The van der Waals surface area contributed by atoms with Gasteiger partial charge in [0.2, 0.25) is 0 Å². The first-order valence-electron chi connectivity index (χ1n) is 11.1. The molecule has 1 N–H and O–H groups in total. The summed E-state index contributed by atoms with van der Waals surface area (Å²) in [5.74, 6) is 2.03. The van der Waals surface area contributed by atoms with Gasteiger partial charge in [0, 0.05) is 29.8 Å². The highest BCUT2D eigenvalue weighted by molar-refractivity contribution is 5.55. The Bertz CT molecular complexity index is 536. The first-order chi connectivity index (χ1) is 12.5. The lowest BCUT2D eigenvalue weighted by molar-refractivity contribution is -0.549. The molecule has 4 rings (SSSR count). The van der Waals surface area contributed by atoms with Crippen LogP contribution in [0.15, 0.2) is 0 Å². The second kappa shape index (κ2) is 7.18. The Kier molecular flexibility index (Phi) is 5.22. The first-order valence-corrected chi connectivity index (χ1v) is 11.1. The summed E-state index contributed by atoms with van der Waals surface area (Å²) in [7, 11) is 0. The van der Waals surface area contributed by atoms with Crippen molar-refractivity contribution in [3.8, 4) is 0 Å². The van der Waals surface area contributed by atoms with Crippen LogP contribution in [0.3, 0.4) is 0 Å². The maximum Gasteiger partial charge on any atom is 0.147 e. The maximum atomic E-state index is 10.2. The number of hydrogen-bond acceptors (Lipinski definition) is 3. The SMILES string of the molecule is CC(C)[C@@H](CO)N1C2(CC[C@@H]3C[N+](CC4CCCCC4)=CC[C@@]31C)CO2. The number of likely N-dealkylation sites (tertiary alicyclic amines) is 1. The molecule has 0 bridgehead atoms. The summed E-state index contributed by atoms with van der Waals surface area (Å²) in [6.07, 6.45) is 13.1. The number of ether oxygens (including phenoxy) is 1. The van der Waals surface area contributed by atoms with Crippen LogP contribution in [0.4, 0.5) is 0 Å². The molecule has 148 valence electrons. The molecule has 4 atom stereocenters. The monoisotopic (exact) mass is 363 g/mol. The molecule has 0 amide bonds. The molecule has 3 fully saturated rings. The Balaban J connectivity index is 1.54. The van der Waals surface area contributed by atoms with Gasteiger partial charge in [0.25, 0.3) is 0 Å². The van der Waals surface area contributed by atoms with E-state index in [0.717, 1.165) is 25.4 Å². The van der Waals surface area contributed by atoms with E-state index in [0.29, 0.717) is 11.8 Å². The fourth-order valence-electron chi connectivity index (χ4n) is 6.21. The topological polar surface area (TPSA) is 39.0 Å². The predicted octanol–water partition coefficient (Wildman–Crippen LogP) is 3.27. The van der Waals surface area contributed by atoms with E-state index in [1.165, 1.54) is 51.6 Å². The Morgan fingerprint density at radius 2 is 1.96 bits per heavy atom. The van der Waals surface area contributed by atoms with Crippen LogP contribution in [0, 0.1) is 17.8 Å². The van der Waals surface area contributed by atoms with E-state index in [-0.39, 0.29) is 23.9 Å². The molecule has 4 nitrogen and oxygen atoms in total. The smallest absolute Gasteiger partial charge is 0.147 e. The minimum atomic E-state index is -0.0811. The largest absolute Gasteiger partial charge is 0.395 e. The van der Waals surface area contributed by atoms with Crippen molar-refractivity contribution in [1.82, 2.24) is 4.90 Å². The third kappa shape index (κ3) is 3.27. The third-order valence-electron chi connectivity index (χ3n) is 7.95. The average molecular weight is 364 g/mol. The van der Waals surface area contributed by atoms with Crippen LogP contribution in [0.25, 0.3) is 0 Å². The summed E-state index contributed by atoms with van der Waals surface area (Å²) in [5, 5.41) is 10.2. The first kappa shape index (κ1) is 18.9. The van der Waals surface area contributed by atoms with Crippen LogP contribution in [0.5, 0.6) is 0 Å². The molecule has 4 heteroatoms. The molecular weight excluding hydrogens is 324 g/mol. The van der Waals surface area contributed by atoms with Crippen molar-refractivity contribution in [3.63, 3.8) is 0 Å². The van der Waals surface area contributed by atoms with Gasteiger partial charge in [-0.15, -0.1) is 0 Å². The summed E-state index contributed by atoms with van der Waals surface area (Å²) < 4.78 is 8.68. The second-order valence-corrected chi connectivity index (χ2v) is 10.0. The summed E-state index contributed by atoms with van der Waals surface area (Å²) in [6, 6.07) is 0.198. The van der Waals surface area contributed by atoms with E-state index < -0.39 is 0 Å². The van der Waals surface area contributed by atoms with Gasteiger partial charge in [-0.05, 0) is 38.5 Å². The van der Waals surface area contributed by atoms with Crippen LogP contribution < -0.4 is 0 Å². The van der Waals surface area contributed by atoms with Crippen LogP contribution in [0.2, 0.25) is 0 Å². The number of nitrogens with zero attached hydrogens (tertiary/aromatic N) is 2. The van der Waals surface area contributed by atoms with Gasteiger partial charge < -0.3 is 9.84 Å².